The highest BCUT2D eigenvalue weighted by atomic mass is 19.1. The van der Waals surface area contributed by atoms with Gasteiger partial charge in [0, 0.05) is 12.1 Å². The zero-order valence-electron chi connectivity index (χ0n) is 13.4. The molecule has 1 aliphatic heterocycles. The number of Topliss-reactive ketones (excluding diaryl/α,β-unsaturated/α-hetero) is 1. The molecule has 1 heterocycles. The van der Waals surface area contributed by atoms with Crippen LogP contribution in [0.15, 0.2) is 72.8 Å². The lowest BCUT2D eigenvalue weighted by Gasteiger charge is -2.24. The van der Waals surface area contributed by atoms with E-state index in [1.165, 1.54) is 35.2 Å². The lowest BCUT2D eigenvalue weighted by atomic mass is 9.95. The fraction of sp³-hybridized carbons (Fsp3) is 0.100. The number of amides is 1. The van der Waals surface area contributed by atoms with Crippen molar-refractivity contribution >= 4 is 17.4 Å². The number of carbonyl (C=O) groups is 2. The quantitative estimate of drug-likeness (QED) is 0.402. The molecule has 0 spiro atoms. The van der Waals surface area contributed by atoms with Gasteiger partial charge in [-0.3, -0.25) is 9.59 Å². The Morgan fingerprint density at radius 3 is 2.36 bits per heavy atom. The molecule has 0 radical (unpaired) electrons. The summed E-state index contributed by atoms with van der Waals surface area (Å²) in [6, 6.07) is 13.3. The fourth-order valence-electron chi connectivity index (χ4n) is 2.95. The minimum atomic E-state index is -0.793. The highest BCUT2D eigenvalue weighted by molar-refractivity contribution is 6.46. The molecule has 0 saturated carbocycles. The SMILES string of the molecule is C=CCN1C(=O)C(=O)/C(=C(/O)c2ccccc2)[C@@H]1c1ccc(F)cc1. The molecule has 1 saturated heterocycles. The molecule has 5 heteroatoms. The number of rotatable bonds is 4. The topological polar surface area (TPSA) is 57.6 Å². The van der Waals surface area contributed by atoms with Crippen molar-refractivity contribution in [3.05, 3.63) is 89.8 Å². The van der Waals surface area contributed by atoms with Crippen molar-refractivity contribution in [2.75, 3.05) is 6.54 Å². The van der Waals surface area contributed by atoms with E-state index in [9.17, 15) is 19.1 Å². The predicted molar refractivity (Wildman–Crippen MR) is 92.0 cm³/mol. The number of aliphatic hydroxyl groups is 1. The molecule has 3 rings (SSSR count). The molecule has 2 aromatic rings. The standard InChI is InChI=1S/C20H16FNO3/c1-2-12-22-17(13-8-10-15(21)11-9-13)16(19(24)20(22)25)18(23)14-6-4-3-5-7-14/h2-11,17,23H,1,12H2/b18-16+/t17-/m0/s1. The van der Waals surface area contributed by atoms with Crippen LogP contribution >= 0.6 is 0 Å². The van der Waals surface area contributed by atoms with Crippen LogP contribution in [0.5, 0.6) is 0 Å². The Balaban J connectivity index is 2.19. The molecule has 1 N–H and O–H groups in total. The first-order valence-corrected chi connectivity index (χ1v) is 7.74. The molecular formula is C20H16FNO3. The van der Waals surface area contributed by atoms with Gasteiger partial charge in [0.15, 0.2) is 0 Å². The van der Waals surface area contributed by atoms with E-state index in [1.54, 1.807) is 30.3 Å². The van der Waals surface area contributed by atoms with E-state index < -0.39 is 23.5 Å². The molecule has 1 atom stereocenters. The predicted octanol–water partition coefficient (Wildman–Crippen LogP) is 3.43. The highest BCUT2D eigenvalue weighted by Crippen LogP contribution is 2.39. The van der Waals surface area contributed by atoms with Crippen molar-refractivity contribution in [2.45, 2.75) is 6.04 Å². The van der Waals surface area contributed by atoms with Crippen molar-refractivity contribution in [2.24, 2.45) is 0 Å². The summed E-state index contributed by atoms with van der Waals surface area (Å²) in [7, 11) is 0. The van der Waals surface area contributed by atoms with E-state index >= 15 is 0 Å². The van der Waals surface area contributed by atoms with Crippen LogP contribution in [0, 0.1) is 5.82 Å². The van der Waals surface area contributed by atoms with Crippen molar-refractivity contribution in [3.63, 3.8) is 0 Å². The smallest absolute Gasteiger partial charge is 0.295 e. The first-order valence-electron chi connectivity index (χ1n) is 7.74. The van der Waals surface area contributed by atoms with Crippen LogP contribution in [0.4, 0.5) is 4.39 Å². The molecular weight excluding hydrogens is 321 g/mol. The summed E-state index contributed by atoms with van der Waals surface area (Å²) >= 11 is 0. The van der Waals surface area contributed by atoms with Crippen LogP contribution in [-0.2, 0) is 9.59 Å². The van der Waals surface area contributed by atoms with Crippen LogP contribution in [0.1, 0.15) is 17.2 Å². The van der Waals surface area contributed by atoms with E-state index in [1.807, 2.05) is 0 Å². The molecule has 0 unspecified atom stereocenters. The maximum absolute atomic E-state index is 13.3. The number of hydrogen-bond acceptors (Lipinski definition) is 3. The van der Waals surface area contributed by atoms with Crippen LogP contribution in [0.2, 0.25) is 0 Å². The summed E-state index contributed by atoms with van der Waals surface area (Å²) in [5, 5.41) is 10.7. The minimum absolute atomic E-state index is 0.00958. The van der Waals surface area contributed by atoms with Crippen molar-refractivity contribution in [1.82, 2.24) is 4.90 Å². The van der Waals surface area contributed by atoms with E-state index in [0.29, 0.717) is 11.1 Å². The second-order valence-corrected chi connectivity index (χ2v) is 5.66. The van der Waals surface area contributed by atoms with E-state index in [-0.39, 0.29) is 17.9 Å². The largest absolute Gasteiger partial charge is 0.507 e. The maximum Gasteiger partial charge on any atom is 0.295 e. The van der Waals surface area contributed by atoms with Crippen LogP contribution in [-0.4, -0.2) is 28.2 Å². The zero-order chi connectivity index (χ0) is 18.0. The maximum atomic E-state index is 13.3. The van der Waals surface area contributed by atoms with Crippen molar-refractivity contribution in [3.8, 4) is 0 Å². The number of benzene rings is 2. The molecule has 4 nitrogen and oxygen atoms in total. The Kier molecular flexibility index (Phi) is 4.48. The van der Waals surface area contributed by atoms with Gasteiger partial charge in [0.25, 0.3) is 11.7 Å². The van der Waals surface area contributed by atoms with Crippen molar-refractivity contribution < 1.29 is 19.1 Å². The molecule has 0 aliphatic carbocycles. The first-order chi connectivity index (χ1) is 12.0. The summed E-state index contributed by atoms with van der Waals surface area (Å²) in [6.45, 7) is 3.75. The van der Waals surface area contributed by atoms with Gasteiger partial charge in [-0.25, -0.2) is 4.39 Å². The summed E-state index contributed by atoms with van der Waals surface area (Å²) in [5.74, 6) is -2.16. The second kappa shape index (κ2) is 6.73. The third kappa shape index (κ3) is 2.96. The number of hydrogen-bond donors (Lipinski definition) is 1. The normalized spacial score (nSPS) is 19.2. The Hall–Kier alpha value is -3.21. The summed E-state index contributed by atoms with van der Waals surface area (Å²) in [5.41, 5.74) is 0.968. The van der Waals surface area contributed by atoms with Gasteiger partial charge in [0.1, 0.15) is 11.6 Å². The van der Waals surface area contributed by atoms with Crippen LogP contribution in [0.25, 0.3) is 5.76 Å². The Bertz CT molecular complexity index is 856. The van der Waals surface area contributed by atoms with Crippen LogP contribution < -0.4 is 0 Å². The lowest BCUT2D eigenvalue weighted by Crippen LogP contribution is -2.29. The van der Waals surface area contributed by atoms with E-state index in [2.05, 4.69) is 6.58 Å². The highest BCUT2D eigenvalue weighted by Gasteiger charge is 2.45. The molecule has 25 heavy (non-hydrogen) atoms. The van der Waals surface area contributed by atoms with Gasteiger partial charge in [-0.1, -0.05) is 48.5 Å². The van der Waals surface area contributed by atoms with Gasteiger partial charge in [0.05, 0.1) is 11.6 Å². The zero-order valence-corrected chi connectivity index (χ0v) is 13.4. The van der Waals surface area contributed by atoms with Crippen LogP contribution in [0.3, 0.4) is 0 Å². The summed E-state index contributed by atoms with van der Waals surface area (Å²) in [4.78, 5) is 26.3. The monoisotopic (exact) mass is 337 g/mol. The molecule has 2 aromatic carbocycles. The number of nitrogens with zero attached hydrogens (tertiary/aromatic N) is 1. The summed E-state index contributed by atoms with van der Waals surface area (Å²) < 4.78 is 13.3. The third-order valence-corrected chi connectivity index (χ3v) is 4.10. The molecule has 1 amide bonds. The van der Waals surface area contributed by atoms with Gasteiger partial charge >= 0.3 is 0 Å². The molecule has 0 bridgehead atoms. The number of carbonyl (C=O) groups excluding carboxylic acids is 2. The number of likely N-dealkylation sites (tertiary alicyclic amines) is 1. The number of aliphatic hydroxyl groups excluding tert-OH is 1. The fourth-order valence-corrected chi connectivity index (χ4v) is 2.95. The second-order valence-electron chi connectivity index (χ2n) is 5.66. The van der Waals surface area contributed by atoms with Gasteiger partial charge in [-0.05, 0) is 17.7 Å². The Labute approximate surface area is 144 Å². The van der Waals surface area contributed by atoms with Gasteiger partial charge < -0.3 is 10.0 Å². The Morgan fingerprint density at radius 2 is 1.76 bits per heavy atom. The van der Waals surface area contributed by atoms with Crippen molar-refractivity contribution in [1.29, 1.82) is 0 Å². The lowest BCUT2D eigenvalue weighted by molar-refractivity contribution is -0.139. The molecule has 0 aromatic heterocycles. The molecule has 126 valence electrons. The molecule has 1 aliphatic rings. The minimum Gasteiger partial charge on any atom is -0.507 e. The Morgan fingerprint density at radius 1 is 1.12 bits per heavy atom. The van der Waals surface area contributed by atoms with E-state index in [0.717, 1.165) is 0 Å². The van der Waals surface area contributed by atoms with E-state index in [4.69, 9.17) is 0 Å². The van der Waals surface area contributed by atoms with Gasteiger partial charge in [-0.2, -0.15) is 0 Å². The first kappa shape index (κ1) is 16.6. The third-order valence-electron chi connectivity index (χ3n) is 4.10. The average Bonchev–Trinajstić information content (AvgIpc) is 2.88. The number of ketones is 1. The van der Waals surface area contributed by atoms with Gasteiger partial charge in [0.2, 0.25) is 0 Å². The number of halogens is 1. The van der Waals surface area contributed by atoms with Gasteiger partial charge in [-0.15, -0.1) is 6.58 Å². The molecule has 1 fully saturated rings. The average molecular weight is 337 g/mol. The summed E-state index contributed by atoms with van der Waals surface area (Å²) in [6.07, 6.45) is 1.50.